The van der Waals surface area contributed by atoms with Crippen molar-refractivity contribution in [1.29, 1.82) is 0 Å². The Hall–Kier alpha value is -0.0800. The SMILES string of the molecule is CN[C@H](C)CCN. The third-order valence-corrected chi connectivity index (χ3v) is 1.09. The second kappa shape index (κ2) is 4.09. The van der Waals surface area contributed by atoms with Gasteiger partial charge in [0.15, 0.2) is 0 Å². The van der Waals surface area contributed by atoms with E-state index in [2.05, 4.69) is 12.2 Å². The predicted octanol–water partition coefficient (Wildman–Crippen LogP) is -0.0569. The molecule has 2 heteroatoms. The van der Waals surface area contributed by atoms with Crippen LogP contribution in [0.2, 0.25) is 0 Å². The van der Waals surface area contributed by atoms with Crippen molar-refractivity contribution in [2.24, 2.45) is 5.73 Å². The molecule has 0 aliphatic carbocycles. The van der Waals surface area contributed by atoms with Crippen LogP contribution in [0, 0.1) is 0 Å². The topological polar surface area (TPSA) is 38.0 Å². The summed E-state index contributed by atoms with van der Waals surface area (Å²) in [5.41, 5.74) is 5.26. The molecular formula is C5H14N2. The van der Waals surface area contributed by atoms with Crippen molar-refractivity contribution in [3.63, 3.8) is 0 Å². The second-order valence-corrected chi connectivity index (χ2v) is 1.77. The van der Waals surface area contributed by atoms with E-state index in [4.69, 9.17) is 5.73 Å². The van der Waals surface area contributed by atoms with Crippen molar-refractivity contribution in [2.45, 2.75) is 19.4 Å². The molecule has 0 aromatic rings. The van der Waals surface area contributed by atoms with Crippen LogP contribution in [0.15, 0.2) is 0 Å². The molecule has 0 saturated heterocycles. The fourth-order valence-electron chi connectivity index (χ4n) is 0.394. The molecule has 7 heavy (non-hydrogen) atoms. The molecule has 0 aliphatic rings. The zero-order valence-electron chi connectivity index (χ0n) is 5.07. The van der Waals surface area contributed by atoms with Crippen LogP contribution in [0.4, 0.5) is 0 Å². The molecule has 44 valence electrons. The van der Waals surface area contributed by atoms with Gasteiger partial charge in [0, 0.05) is 6.04 Å². The fraction of sp³-hybridized carbons (Fsp3) is 1.00. The Labute approximate surface area is 45.1 Å². The molecule has 0 aromatic carbocycles. The minimum atomic E-state index is 0.574. The van der Waals surface area contributed by atoms with Crippen molar-refractivity contribution in [1.82, 2.24) is 5.32 Å². The maximum Gasteiger partial charge on any atom is 0.00477 e. The van der Waals surface area contributed by atoms with Crippen molar-refractivity contribution < 1.29 is 0 Å². The third kappa shape index (κ3) is 3.76. The van der Waals surface area contributed by atoms with Crippen molar-refractivity contribution in [3.05, 3.63) is 0 Å². The Morgan fingerprint density at radius 2 is 2.29 bits per heavy atom. The molecule has 0 unspecified atom stereocenters. The molecule has 0 fully saturated rings. The van der Waals surface area contributed by atoms with Crippen molar-refractivity contribution in [3.8, 4) is 0 Å². The van der Waals surface area contributed by atoms with Gasteiger partial charge in [-0.3, -0.25) is 0 Å². The monoisotopic (exact) mass is 102 g/mol. The van der Waals surface area contributed by atoms with Crippen LogP contribution in [0.5, 0.6) is 0 Å². The summed E-state index contributed by atoms with van der Waals surface area (Å²) in [5.74, 6) is 0. The second-order valence-electron chi connectivity index (χ2n) is 1.77. The summed E-state index contributed by atoms with van der Waals surface area (Å²) in [6.45, 7) is 2.90. The molecule has 0 heterocycles. The van der Waals surface area contributed by atoms with Crippen LogP contribution in [0.1, 0.15) is 13.3 Å². The highest BCUT2D eigenvalue weighted by Gasteiger charge is 1.91. The Kier molecular flexibility index (Phi) is 4.04. The van der Waals surface area contributed by atoms with Gasteiger partial charge in [0.25, 0.3) is 0 Å². The summed E-state index contributed by atoms with van der Waals surface area (Å²) in [6, 6.07) is 0.574. The Morgan fingerprint density at radius 3 is 2.43 bits per heavy atom. The van der Waals surface area contributed by atoms with Crippen LogP contribution < -0.4 is 11.1 Å². The van der Waals surface area contributed by atoms with E-state index >= 15 is 0 Å². The largest absolute Gasteiger partial charge is 0.330 e. The summed E-state index contributed by atoms with van der Waals surface area (Å²) in [4.78, 5) is 0. The van der Waals surface area contributed by atoms with E-state index in [1.165, 1.54) is 0 Å². The van der Waals surface area contributed by atoms with Crippen molar-refractivity contribution in [2.75, 3.05) is 13.6 Å². The Bertz CT molecular complexity index is 37.1. The highest BCUT2D eigenvalue weighted by atomic mass is 14.9. The smallest absolute Gasteiger partial charge is 0.00477 e. The van der Waals surface area contributed by atoms with Gasteiger partial charge in [-0.25, -0.2) is 0 Å². The van der Waals surface area contributed by atoms with Gasteiger partial charge in [0.05, 0.1) is 0 Å². The minimum Gasteiger partial charge on any atom is -0.330 e. The Morgan fingerprint density at radius 1 is 1.71 bits per heavy atom. The Balaban J connectivity index is 2.83. The number of hydrogen-bond donors (Lipinski definition) is 2. The number of rotatable bonds is 3. The number of nitrogens with one attached hydrogen (secondary N) is 1. The van der Waals surface area contributed by atoms with E-state index in [9.17, 15) is 0 Å². The molecule has 0 saturated carbocycles. The first-order chi connectivity index (χ1) is 3.31. The average Bonchev–Trinajstić information content (AvgIpc) is 1.68. The molecule has 0 aliphatic heterocycles. The molecule has 0 spiro atoms. The minimum absolute atomic E-state index is 0.574. The third-order valence-electron chi connectivity index (χ3n) is 1.09. The maximum absolute atomic E-state index is 5.26. The highest BCUT2D eigenvalue weighted by molar-refractivity contribution is 4.55. The van der Waals surface area contributed by atoms with Crippen LogP contribution in [0.3, 0.4) is 0 Å². The van der Waals surface area contributed by atoms with Crippen LogP contribution in [0.25, 0.3) is 0 Å². The summed E-state index contributed by atoms with van der Waals surface area (Å²) in [7, 11) is 1.94. The summed E-state index contributed by atoms with van der Waals surface area (Å²) in [6.07, 6.45) is 1.07. The van der Waals surface area contributed by atoms with Gasteiger partial charge in [0.1, 0.15) is 0 Å². The fourth-order valence-corrected chi connectivity index (χ4v) is 0.394. The molecule has 1 atom stereocenters. The number of hydrogen-bond acceptors (Lipinski definition) is 2. The van der Waals surface area contributed by atoms with E-state index in [0.29, 0.717) is 6.04 Å². The van der Waals surface area contributed by atoms with Crippen LogP contribution in [-0.2, 0) is 0 Å². The van der Waals surface area contributed by atoms with E-state index < -0.39 is 0 Å². The maximum atomic E-state index is 5.26. The van der Waals surface area contributed by atoms with Gasteiger partial charge >= 0.3 is 0 Å². The zero-order valence-corrected chi connectivity index (χ0v) is 5.07. The lowest BCUT2D eigenvalue weighted by atomic mass is 10.2. The standard InChI is InChI=1S/C5H14N2/c1-5(7-2)3-4-6/h5,7H,3-4,6H2,1-2H3/t5-/m1/s1. The lowest BCUT2D eigenvalue weighted by Gasteiger charge is -2.05. The molecule has 0 radical (unpaired) electrons. The van der Waals surface area contributed by atoms with E-state index in [1.54, 1.807) is 0 Å². The average molecular weight is 102 g/mol. The van der Waals surface area contributed by atoms with Crippen LogP contribution >= 0.6 is 0 Å². The van der Waals surface area contributed by atoms with Gasteiger partial charge in [-0.2, -0.15) is 0 Å². The van der Waals surface area contributed by atoms with Gasteiger partial charge in [0.2, 0.25) is 0 Å². The summed E-state index contributed by atoms with van der Waals surface area (Å²) >= 11 is 0. The van der Waals surface area contributed by atoms with Gasteiger partial charge in [-0.05, 0) is 26.9 Å². The number of nitrogens with two attached hydrogens (primary N) is 1. The van der Waals surface area contributed by atoms with E-state index in [1.807, 2.05) is 7.05 Å². The highest BCUT2D eigenvalue weighted by Crippen LogP contribution is 1.82. The zero-order chi connectivity index (χ0) is 5.70. The lowest BCUT2D eigenvalue weighted by Crippen LogP contribution is -2.23. The van der Waals surface area contributed by atoms with Gasteiger partial charge < -0.3 is 11.1 Å². The molecule has 0 aromatic heterocycles. The molecule has 0 amide bonds. The lowest BCUT2D eigenvalue weighted by molar-refractivity contribution is 0.572. The van der Waals surface area contributed by atoms with Crippen LogP contribution in [-0.4, -0.2) is 19.6 Å². The van der Waals surface area contributed by atoms with E-state index in [0.717, 1.165) is 13.0 Å². The van der Waals surface area contributed by atoms with Gasteiger partial charge in [-0.1, -0.05) is 0 Å². The molecule has 2 nitrogen and oxygen atoms in total. The normalized spacial score (nSPS) is 14.1. The molecule has 0 rings (SSSR count). The first-order valence-electron chi connectivity index (χ1n) is 2.68. The van der Waals surface area contributed by atoms with Crippen molar-refractivity contribution >= 4 is 0 Å². The van der Waals surface area contributed by atoms with E-state index in [-0.39, 0.29) is 0 Å². The summed E-state index contributed by atoms with van der Waals surface area (Å²) in [5, 5.41) is 3.09. The molecule has 0 bridgehead atoms. The quantitative estimate of drug-likeness (QED) is 0.524. The summed E-state index contributed by atoms with van der Waals surface area (Å²) < 4.78 is 0. The molecule has 3 N–H and O–H groups in total. The first kappa shape index (κ1) is 6.92. The molecular weight excluding hydrogens is 88.1 g/mol. The van der Waals surface area contributed by atoms with Gasteiger partial charge in [-0.15, -0.1) is 0 Å². The predicted molar refractivity (Wildman–Crippen MR) is 32.2 cm³/mol. The first-order valence-corrected chi connectivity index (χ1v) is 2.68.